The van der Waals surface area contributed by atoms with Crippen LogP contribution in [-0.4, -0.2) is 9.55 Å². The van der Waals surface area contributed by atoms with Gasteiger partial charge >= 0.3 is 0 Å². The molecule has 7 aromatic carbocycles. The summed E-state index contributed by atoms with van der Waals surface area (Å²) in [4.78, 5) is 4.84. The first kappa shape index (κ1) is 25.3. The molecule has 44 heavy (non-hydrogen) atoms. The van der Waals surface area contributed by atoms with Gasteiger partial charge in [0.15, 0.2) is 7.14 Å². The molecule has 0 saturated heterocycles. The van der Waals surface area contributed by atoms with Crippen LogP contribution in [0.1, 0.15) is 5.82 Å². The Morgan fingerprint density at radius 2 is 1.09 bits per heavy atom. The van der Waals surface area contributed by atoms with Crippen LogP contribution in [0.25, 0.3) is 60.5 Å². The number of imidazole rings is 1. The predicted molar refractivity (Wildman–Crippen MR) is 185 cm³/mol. The van der Waals surface area contributed by atoms with Crippen LogP contribution in [0.4, 0.5) is 0 Å². The molecule has 0 radical (unpaired) electrons. The minimum atomic E-state index is -3.17. The van der Waals surface area contributed by atoms with Gasteiger partial charge in [0, 0.05) is 15.9 Å². The van der Waals surface area contributed by atoms with E-state index in [4.69, 9.17) is 4.98 Å². The van der Waals surface area contributed by atoms with Crippen LogP contribution in [0, 0.1) is 6.92 Å². The van der Waals surface area contributed by atoms with Gasteiger partial charge in [-0.3, -0.25) is 4.57 Å². The first-order chi connectivity index (χ1) is 21.6. The summed E-state index contributed by atoms with van der Waals surface area (Å²) in [5.74, 6) is 0.897. The van der Waals surface area contributed by atoms with Gasteiger partial charge in [-0.25, -0.2) is 4.98 Å². The molecule has 208 valence electrons. The van der Waals surface area contributed by atoms with Gasteiger partial charge in [-0.2, -0.15) is 0 Å². The quantitative estimate of drug-likeness (QED) is 0.195. The Bertz CT molecular complexity index is 2490. The van der Waals surface area contributed by atoms with Crippen molar-refractivity contribution in [2.24, 2.45) is 0 Å². The second-order valence-corrected chi connectivity index (χ2v) is 14.3. The van der Waals surface area contributed by atoms with Gasteiger partial charge in [0.05, 0.1) is 16.7 Å². The average Bonchev–Trinajstić information content (AvgIpc) is 3.42. The van der Waals surface area contributed by atoms with Gasteiger partial charge in [-0.05, 0) is 93.2 Å². The maximum atomic E-state index is 15.5. The third-order valence-corrected chi connectivity index (χ3v) is 12.2. The standard InChI is InChI=1S/C40H27N2OP/c1-26-41-36-12-7-13-38-40(36)42(26)37-21-20-34(25-39(37)44(38,43)35-10-3-2-4-11-35)33-19-18-31-23-30(16-17-32(31)24-33)29-15-14-27-8-5-6-9-28(27)22-29/h2-25H,1H3. The summed E-state index contributed by atoms with van der Waals surface area (Å²) in [6.45, 7) is 2.02. The van der Waals surface area contributed by atoms with Crippen LogP contribution >= 0.6 is 7.14 Å². The van der Waals surface area contributed by atoms with E-state index in [-0.39, 0.29) is 0 Å². The molecule has 1 aliphatic rings. The van der Waals surface area contributed by atoms with E-state index < -0.39 is 7.14 Å². The van der Waals surface area contributed by atoms with Crippen molar-refractivity contribution in [3.05, 3.63) is 151 Å². The molecule has 9 rings (SSSR count). The highest BCUT2D eigenvalue weighted by molar-refractivity contribution is 7.86. The van der Waals surface area contributed by atoms with Gasteiger partial charge in [0.2, 0.25) is 0 Å². The zero-order chi connectivity index (χ0) is 29.4. The van der Waals surface area contributed by atoms with Gasteiger partial charge in [0.1, 0.15) is 5.82 Å². The molecule has 3 nitrogen and oxygen atoms in total. The molecular formula is C40H27N2OP. The molecule has 0 fully saturated rings. The third kappa shape index (κ3) is 3.63. The van der Waals surface area contributed by atoms with Crippen LogP contribution < -0.4 is 15.9 Å². The van der Waals surface area contributed by atoms with E-state index in [2.05, 4.69) is 102 Å². The molecule has 2 heterocycles. The summed E-state index contributed by atoms with van der Waals surface area (Å²) in [6, 6.07) is 50.8. The molecule has 0 N–H and O–H groups in total. The Hall–Kier alpha value is -5.24. The fraction of sp³-hybridized carbons (Fsp3) is 0.0250. The van der Waals surface area contributed by atoms with Crippen LogP contribution in [0.15, 0.2) is 146 Å². The summed E-state index contributed by atoms with van der Waals surface area (Å²) < 4.78 is 17.7. The van der Waals surface area contributed by atoms with Crippen molar-refractivity contribution in [3.8, 4) is 27.9 Å². The van der Waals surface area contributed by atoms with E-state index in [0.29, 0.717) is 0 Å². The van der Waals surface area contributed by atoms with Gasteiger partial charge in [-0.1, -0.05) is 103 Å². The lowest BCUT2D eigenvalue weighted by molar-refractivity contribution is 0.592. The normalized spacial score (nSPS) is 15.6. The number of hydrogen-bond acceptors (Lipinski definition) is 2. The molecule has 1 aliphatic heterocycles. The highest BCUT2D eigenvalue weighted by Crippen LogP contribution is 2.50. The van der Waals surface area contributed by atoms with E-state index in [1.807, 2.05) is 55.5 Å². The zero-order valence-corrected chi connectivity index (χ0v) is 25.0. The number of aryl methyl sites for hydroxylation is 1. The second-order valence-electron chi connectivity index (χ2n) is 11.6. The second kappa shape index (κ2) is 9.38. The van der Waals surface area contributed by atoms with Crippen molar-refractivity contribution < 1.29 is 4.57 Å². The Balaban J connectivity index is 1.19. The van der Waals surface area contributed by atoms with Crippen LogP contribution in [0.5, 0.6) is 0 Å². The maximum absolute atomic E-state index is 15.5. The van der Waals surface area contributed by atoms with Crippen molar-refractivity contribution in [1.29, 1.82) is 0 Å². The molecule has 0 saturated carbocycles. The Morgan fingerprint density at radius 1 is 0.523 bits per heavy atom. The summed E-state index contributed by atoms with van der Waals surface area (Å²) in [5, 5.41) is 7.41. The van der Waals surface area contributed by atoms with Gasteiger partial charge < -0.3 is 4.57 Å². The zero-order valence-electron chi connectivity index (χ0n) is 24.1. The molecular weight excluding hydrogens is 555 g/mol. The fourth-order valence-corrected chi connectivity index (χ4v) is 9.97. The van der Waals surface area contributed by atoms with Crippen molar-refractivity contribution in [2.75, 3.05) is 0 Å². The lowest BCUT2D eigenvalue weighted by Gasteiger charge is -2.29. The number of benzene rings is 7. The summed E-state index contributed by atoms with van der Waals surface area (Å²) in [6.07, 6.45) is 0. The number of aromatic nitrogens is 2. The monoisotopic (exact) mass is 582 g/mol. The lowest BCUT2D eigenvalue weighted by Crippen LogP contribution is -2.33. The highest BCUT2D eigenvalue weighted by atomic mass is 31.2. The smallest absolute Gasteiger partial charge is 0.175 e. The predicted octanol–water partition coefficient (Wildman–Crippen LogP) is 8.93. The summed E-state index contributed by atoms with van der Waals surface area (Å²) >= 11 is 0. The average molecular weight is 583 g/mol. The molecule has 1 unspecified atom stereocenters. The van der Waals surface area contributed by atoms with Crippen molar-refractivity contribution in [2.45, 2.75) is 6.92 Å². The Morgan fingerprint density at radius 3 is 1.80 bits per heavy atom. The SMILES string of the molecule is Cc1nc2cccc3c2n1-c1ccc(-c2ccc4cc(-c5ccc6ccccc6c5)ccc4c2)cc1P3(=O)c1ccccc1. The van der Waals surface area contributed by atoms with Crippen LogP contribution in [0.3, 0.4) is 0 Å². The molecule has 8 aromatic rings. The number of fused-ring (bicyclic) bond motifs is 4. The van der Waals surface area contributed by atoms with Gasteiger partial charge in [0.25, 0.3) is 0 Å². The fourth-order valence-electron chi connectivity index (χ4n) is 6.94. The van der Waals surface area contributed by atoms with Crippen LogP contribution in [-0.2, 0) is 4.57 Å². The molecule has 1 aromatic heterocycles. The molecule has 0 aliphatic carbocycles. The minimum Gasteiger partial charge on any atom is -0.308 e. The highest BCUT2D eigenvalue weighted by Gasteiger charge is 2.39. The molecule has 1 atom stereocenters. The summed E-state index contributed by atoms with van der Waals surface area (Å²) in [5.41, 5.74) is 7.34. The van der Waals surface area contributed by atoms with Gasteiger partial charge in [-0.15, -0.1) is 0 Å². The van der Waals surface area contributed by atoms with E-state index in [1.54, 1.807) is 0 Å². The molecule has 0 spiro atoms. The van der Waals surface area contributed by atoms with Crippen LogP contribution in [0.2, 0.25) is 0 Å². The maximum Gasteiger partial charge on any atom is 0.175 e. The number of nitrogens with zero attached hydrogens (tertiary/aromatic N) is 2. The first-order valence-electron chi connectivity index (χ1n) is 14.9. The van der Waals surface area contributed by atoms with E-state index in [0.717, 1.165) is 49.6 Å². The number of hydrogen-bond donors (Lipinski definition) is 0. The third-order valence-electron chi connectivity index (χ3n) is 9.09. The topological polar surface area (TPSA) is 34.9 Å². The minimum absolute atomic E-state index is 0.843. The summed E-state index contributed by atoms with van der Waals surface area (Å²) in [7, 11) is -3.17. The molecule has 0 amide bonds. The van der Waals surface area contributed by atoms with E-state index >= 15 is 4.57 Å². The lowest BCUT2D eigenvalue weighted by atomic mass is 9.96. The van der Waals surface area contributed by atoms with E-state index in [9.17, 15) is 0 Å². The van der Waals surface area contributed by atoms with Crippen molar-refractivity contribution in [3.63, 3.8) is 0 Å². The molecule has 0 bridgehead atoms. The van der Waals surface area contributed by atoms with E-state index in [1.165, 1.54) is 32.7 Å². The van der Waals surface area contributed by atoms with Crippen molar-refractivity contribution in [1.82, 2.24) is 9.55 Å². The molecule has 4 heteroatoms. The number of para-hydroxylation sites is 1. The number of rotatable bonds is 3. The van der Waals surface area contributed by atoms with Crippen molar-refractivity contribution >= 4 is 55.6 Å². The largest absolute Gasteiger partial charge is 0.308 e. The Kier molecular flexibility index (Phi) is 5.39. The Labute approximate surface area is 255 Å². The first-order valence-corrected chi connectivity index (χ1v) is 16.6.